The first-order chi connectivity index (χ1) is 15.9. The number of ether oxygens (including phenoxy) is 2. The highest BCUT2D eigenvalue weighted by molar-refractivity contribution is 7.80. The van der Waals surface area contributed by atoms with E-state index in [1.54, 1.807) is 19.2 Å². The van der Waals surface area contributed by atoms with E-state index in [1.165, 1.54) is 6.42 Å². The maximum Gasteiger partial charge on any atom is 0.257 e. The molecule has 0 bridgehead atoms. The third-order valence-corrected chi connectivity index (χ3v) is 6.17. The number of rotatable bonds is 8. The SMILES string of the molecule is COc1cc(CN(C(=S)NC(=O)c2ccccc2C)C2CCCCC2)ccc1OCC(N)=O. The maximum absolute atomic E-state index is 12.9. The lowest BCUT2D eigenvalue weighted by Gasteiger charge is -2.36. The van der Waals surface area contributed by atoms with Crippen LogP contribution in [-0.2, 0) is 11.3 Å². The van der Waals surface area contributed by atoms with Gasteiger partial charge in [-0.25, -0.2) is 0 Å². The largest absolute Gasteiger partial charge is 0.493 e. The molecule has 0 radical (unpaired) electrons. The van der Waals surface area contributed by atoms with Crippen molar-refractivity contribution in [2.75, 3.05) is 13.7 Å². The van der Waals surface area contributed by atoms with Crippen LogP contribution in [0.1, 0.15) is 53.6 Å². The van der Waals surface area contributed by atoms with E-state index in [4.69, 9.17) is 27.4 Å². The Bertz CT molecular complexity index is 1000. The van der Waals surface area contributed by atoms with Crippen LogP contribution in [0.3, 0.4) is 0 Å². The third kappa shape index (κ3) is 6.68. The zero-order chi connectivity index (χ0) is 23.8. The van der Waals surface area contributed by atoms with Gasteiger partial charge in [-0.05, 0) is 61.3 Å². The van der Waals surface area contributed by atoms with Gasteiger partial charge in [-0.1, -0.05) is 43.5 Å². The van der Waals surface area contributed by atoms with Gasteiger partial charge in [0.2, 0.25) is 0 Å². The summed E-state index contributed by atoms with van der Waals surface area (Å²) in [6.07, 6.45) is 5.54. The van der Waals surface area contributed by atoms with Gasteiger partial charge in [0, 0.05) is 18.2 Å². The second kappa shape index (κ2) is 11.7. The van der Waals surface area contributed by atoms with E-state index in [2.05, 4.69) is 10.2 Å². The topological polar surface area (TPSA) is 93.9 Å². The van der Waals surface area contributed by atoms with Crippen molar-refractivity contribution < 1.29 is 19.1 Å². The van der Waals surface area contributed by atoms with Crippen LogP contribution in [-0.4, -0.2) is 41.6 Å². The van der Waals surface area contributed by atoms with Crippen molar-refractivity contribution in [3.8, 4) is 11.5 Å². The lowest BCUT2D eigenvalue weighted by atomic mass is 9.94. The summed E-state index contributed by atoms with van der Waals surface area (Å²) in [7, 11) is 1.54. The van der Waals surface area contributed by atoms with E-state index in [0.29, 0.717) is 28.7 Å². The van der Waals surface area contributed by atoms with Gasteiger partial charge in [0.15, 0.2) is 23.2 Å². The van der Waals surface area contributed by atoms with E-state index in [1.807, 2.05) is 37.3 Å². The monoisotopic (exact) mass is 469 g/mol. The molecule has 0 spiro atoms. The molecule has 3 rings (SSSR count). The Balaban J connectivity index is 1.79. The zero-order valence-electron chi connectivity index (χ0n) is 19.1. The normalized spacial score (nSPS) is 13.8. The van der Waals surface area contributed by atoms with E-state index >= 15 is 0 Å². The molecule has 2 amide bonds. The van der Waals surface area contributed by atoms with E-state index < -0.39 is 5.91 Å². The van der Waals surface area contributed by atoms with Crippen molar-refractivity contribution in [1.29, 1.82) is 0 Å². The van der Waals surface area contributed by atoms with E-state index in [0.717, 1.165) is 36.8 Å². The zero-order valence-corrected chi connectivity index (χ0v) is 20.0. The summed E-state index contributed by atoms with van der Waals surface area (Å²) < 4.78 is 10.9. The molecule has 7 nitrogen and oxygen atoms in total. The van der Waals surface area contributed by atoms with Gasteiger partial charge >= 0.3 is 0 Å². The molecule has 0 heterocycles. The summed E-state index contributed by atoms with van der Waals surface area (Å²) in [5.74, 6) is 0.193. The van der Waals surface area contributed by atoms with Gasteiger partial charge in [-0.2, -0.15) is 0 Å². The molecule has 0 saturated heterocycles. The number of benzene rings is 2. The average Bonchev–Trinajstić information content (AvgIpc) is 2.82. The van der Waals surface area contributed by atoms with E-state index in [-0.39, 0.29) is 18.6 Å². The summed E-state index contributed by atoms with van der Waals surface area (Å²) in [4.78, 5) is 26.0. The summed E-state index contributed by atoms with van der Waals surface area (Å²) in [5, 5.41) is 3.36. The minimum Gasteiger partial charge on any atom is -0.493 e. The van der Waals surface area contributed by atoms with Gasteiger partial charge in [0.1, 0.15) is 0 Å². The number of hydrogen-bond donors (Lipinski definition) is 2. The first-order valence-corrected chi connectivity index (χ1v) is 11.6. The molecule has 33 heavy (non-hydrogen) atoms. The molecule has 2 aromatic carbocycles. The molecule has 1 aliphatic rings. The first-order valence-electron chi connectivity index (χ1n) is 11.1. The molecule has 1 saturated carbocycles. The fourth-order valence-electron chi connectivity index (χ4n) is 4.10. The molecule has 0 unspecified atom stereocenters. The fourth-order valence-corrected chi connectivity index (χ4v) is 4.40. The average molecular weight is 470 g/mol. The Kier molecular flexibility index (Phi) is 8.65. The maximum atomic E-state index is 12.9. The number of nitrogens with one attached hydrogen (secondary N) is 1. The van der Waals surface area contributed by atoms with Gasteiger partial charge in [-0.3, -0.25) is 14.9 Å². The summed E-state index contributed by atoms with van der Waals surface area (Å²) in [6.45, 7) is 2.20. The van der Waals surface area contributed by atoms with E-state index in [9.17, 15) is 9.59 Å². The first kappa shape index (κ1) is 24.5. The Morgan fingerprint density at radius 1 is 1.12 bits per heavy atom. The molecular weight excluding hydrogens is 438 g/mol. The van der Waals surface area contributed by atoms with Crippen LogP contribution in [0.2, 0.25) is 0 Å². The number of primary amides is 1. The van der Waals surface area contributed by atoms with Crippen LogP contribution in [0.5, 0.6) is 11.5 Å². The second-order valence-electron chi connectivity index (χ2n) is 8.23. The molecule has 0 aromatic heterocycles. The summed E-state index contributed by atoms with van der Waals surface area (Å²) >= 11 is 5.72. The van der Waals surface area contributed by atoms with Gasteiger partial charge in [0.25, 0.3) is 11.8 Å². The minimum absolute atomic E-state index is 0.202. The summed E-state index contributed by atoms with van der Waals surface area (Å²) in [5.41, 5.74) is 7.64. The number of carbonyl (C=O) groups is 2. The van der Waals surface area contributed by atoms with Gasteiger partial charge in [0.05, 0.1) is 7.11 Å². The molecular formula is C25H31N3O4S. The number of thiocarbonyl (C=S) groups is 1. The number of aryl methyl sites for hydroxylation is 1. The highest BCUT2D eigenvalue weighted by Gasteiger charge is 2.25. The Morgan fingerprint density at radius 3 is 2.52 bits per heavy atom. The highest BCUT2D eigenvalue weighted by Crippen LogP contribution is 2.30. The van der Waals surface area contributed by atoms with Crippen LogP contribution in [0.4, 0.5) is 0 Å². The van der Waals surface area contributed by atoms with Crippen molar-refractivity contribution in [3.63, 3.8) is 0 Å². The number of nitrogens with zero attached hydrogens (tertiary/aromatic N) is 1. The van der Waals surface area contributed by atoms with Crippen LogP contribution in [0, 0.1) is 6.92 Å². The number of methoxy groups -OCH3 is 1. The predicted molar refractivity (Wildman–Crippen MR) is 131 cm³/mol. The number of carbonyl (C=O) groups excluding carboxylic acids is 2. The number of nitrogens with two attached hydrogens (primary N) is 1. The molecule has 1 aliphatic carbocycles. The molecule has 0 aliphatic heterocycles. The predicted octanol–water partition coefficient (Wildman–Crippen LogP) is 3.72. The van der Waals surface area contributed by atoms with Crippen molar-refractivity contribution >= 4 is 29.1 Å². The Morgan fingerprint density at radius 2 is 1.85 bits per heavy atom. The smallest absolute Gasteiger partial charge is 0.257 e. The second-order valence-corrected chi connectivity index (χ2v) is 8.62. The summed E-state index contributed by atoms with van der Waals surface area (Å²) in [6, 6.07) is 13.2. The lowest BCUT2D eigenvalue weighted by Crippen LogP contribution is -2.48. The molecule has 8 heteroatoms. The molecule has 0 atom stereocenters. The van der Waals surface area contributed by atoms with Crippen LogP contribution in [0.15, 0.2) is 42.5 Å². The van der Waals surface area contributed by atoms with Crippen LogP contribution < -0.4 is 20.5 Å². The van der Waals surface area contributed by atoms with Crippen LogP contribution >= 0.6 is 12.2 Å². The van der Waals surface area contributed by atoms with Crippen molar-refractivity contribution in [2.24, 2.45) is 5.73 Å². The lowest BCUT2D eigenvalue weighted by molar-refractivity contribution is -0.119. The molecule has 2 aromatic rings. The van der Waals surface area contributed by atoms with Gasteiger partial charge < -0.3 is 20.1 Å². The molecule has 176 valence electrons. The number of amides is 2. The van der Waals surface area contributed by atoms with Crippen molar-refractivity contribution in [1.82, 2.24) is 10.2 Å². The van der Waals surface area contributed by atoms with Crippen LogP contribution in [0.25, 0.3) is 0 Å². The van der Waals surface area contributed by atoms with Crippen molar-refractivity contribution in [3.05, 3.63) is 59.2 Å². The molecule has 1 fully saturated rings. The molecule has 3 N–H and O–H groups in total. The third-order valence-electron chi connectivity index (χ3n) is 5.84. The quantitative estimate of drug-likeness (QED) is 0.573. The Labute approximate surface area is 200 Å². The number of hydrogen-bond acceptors (Lipinski definition) is 5. The minimum atomic E-state index is -0.556. The fraction of sp³-hybridized carbons (Fsp3) is 0.400. The standard InChI is InChI=1S/C25H31N3O4S/c1-17-8-6-7-11-20(17)24(30)27-25(33)28(19-9-4-3-5-10-19)15-18-12-13-21(22(14-18)31-2)32-16-23(26)29/h6-8,11-14,19H,3-5,9-10,15-16H2,1-2H3,(H2,26,29)(H,27,30,33). The Hall–Kier alpha value is -3.13. The van der Waals surface area contributed by atoms with Crippen molar-refractivity contribution in [2.45, 2.75) is 51.6 Å². The van der Waals surface area contributed by atoms with Gasteiger partial charge in [-0.15, -0.1) is 0 Å². The highest BCUT2D eigenvalue weighted by atomic mass is 32.1.